The van der Waals surface area contributed by atoms with Gasteiger partial charge in [-0.3, -0.25) is 4.79 Å². The van der Waals surface area contributed by atoms with Crippen molar-refractivity contribution in [2.45, 2.75) is 24.0 Å². The molecule has 1 amide bonds. The number of thioether (sulfide) groups is 1. The Labute approximate surface area is 112 Å². The van der Waals surface area contributed by atoms with E-state index in [1.165, 1.54) is 12.0 Å². The maximum absolute atomic E-state index is 11.8. The van der Waals surface area contributed by atoms with Gasteiger partial charge in [0, 0.05) is 18.6 Å². The molecule has 0 saturated heterocycles. The number of nitrogens with one attached hydrogen (secondary N) is 1. The Kier molecular flexibility index (Phi) is 6.18. The van der Waals surface area contributed by atoms with Crippen LogP contribution < -0.4 is 11.1 Å². The van der Waals surface area contributed by atoms with Gasteiger partial charge in [-0.2, -0.15) is 0 Å². The second-order valence-corrected chi connectivity index (χ2v) is 4.84. The Balaban J connectivity index is 2.63. The summed E-state index contributed by atoms with van der Waals surface area (Å²) in [6.07, 6.45) is 1.45. The van der Waals surface area contributed by atoms with Gasteiger partial charge in [-0.25, -0.2) is 0 Å². The number of hydrogen-bond acceptors (Lipinski definition) is 4. The number of ether oxygens (including phenoxy) is 1. The van der Waals surface area contributed by atoms with Crippen LogP contribution in [-0.4, -0.2) is 31.9 Å². The van der Waals surface area contributed by atoms with E-state index in [9.17, 15) is 4.79 Å². The average molecular weight is 268 g/mol. The number of hydrogen-bond donors (Lipinski definition) is 2. The van der Waals surface area contributed by atoms with Gasteiger partial charge >= 0.3 is 0 Å². The lowest BCUT2D eigenvalue weighted by molar-refractivity contribution is -0.131. The highest BCUT2D eigenvalue weighted by molar-refractivity contribution is 7.98. The first-order valence-electron chi connectivity index (χ1n) is 5.79. The Morgan fingerprint density at radius 1 is 1.44 bits per heavy atom. The molecule has 0 aliphatic carbocycles. The van der Waals surface area contributed by atoms with Crippen molar-refractivity contribution in [2.75, 3.05) is 19.9 Å². The van der Waals surface area contributed by atoms with Crippen molar-refractivity contribution in [1.29, 1.82) is 0 Å². The molecule has 0 spiro atoms. The summed E-state index contributed by atoms with van der Waals surface area (Å²) in [6, 6.07) is 8.05. The van der Waals surface area contributed by atoms with E-state index in [0.29, 0.717) is 0 Å². The second kappa shape index (κ2) is 7.41. The third-order valence-electron chi connectivity index (χ3n) is 2.77. The number of carbonyl (C=O) groups is 1. The van der Waals surface area contributed by atoms with E-state index in [1.54, 1.807) is 11.8 Å². The summed E-state index contributed by atoms with van der Waals surface area (Å²) in [5.74, 6) is -0.179. The van der Waals surface area contributed by atoms with Crippen molar-refractivity contribution < 1.29 is 9.53 Å². The fourth-order valence-electron chi connectivity index (χ4n) is 1.59. The van der Waals surface area contributed by atoms with Crippen LogP contribution in [0, 0.1) is 0 Å². The Bertz CT molecular complexity index is 377. The molecule has 0 fully saturated rings. The molecule has 0 saturated carbocycles. The minimum atomic E-state index is -0.585. The Hall–Kier alpha value is -1.04. The van der Waals surface area contributed by atoms with Gasteiger partial charge in [0.2, 0.25) is 0 Å². The van der Waals surface area contributed by atoms with E-state index in [-0.39, 0.29) is 18.5 Å². The lowest BCUT2D eigenvalue weighted by atomic mass is 10.1. The lowest BCUT2D eigenvalue weighted by Gasteiger charge is -2.18. The topological polar surface area (TPSA) is 64.3 Å². The lowest BCUT2D eigenvalue weighted by Crippen LogP contribution is -2.41. The van der Waals surface area contributed by atoms with Crippen LogP contribution in [0.4, 0.5) is 0 Å². The molecule has 2 atom stereocenters. The van der Waals surface area contributed by atoms with Gasteiger partial charge in [0.05, 0.1) is 6.04 Å². The first-order chi connectivity index (χ1) is 8.62. The standard InChI is InChI=1S/C13H20N2O2S/c1-9(15-13(16)12(8-14)17-2)10-4-6-11(18-3)7-5-10/h4-7,9,12H,8,14H2,1-3H3,(H,15,16). The normalized spacial score (nSPS) is 14.0. The molecule has 0 aromatic heterocycles. The molecule has 1 rings (SSSR count). The number of carbonyl (C=O) groups excluding carboxylic acids is 1. The second-order valence-electron chi connectivity index (χ2n) is 3.96. The maximum Gasteiger partial charge on any atom is 0.250 e. The molecule has 5 heteroatoms. The van der Waals surface area contributed by atoms with Crippen molar-refractivity contribution in [3.63, 3.8) is 0 Å². The van der Waals surface area contributed by atoms with Gasteiger partial charge < -0.3 is 15.8 Å². The van der Waals surface area contributed by atoms with E-state index in [1.807, 2.05) is 37.4 Å². The molecule has 0 aliphatic heterocycles. The molecular formula is C13H20N2O2S. The fraction of sp³-hybridized carbons (Fsp3) is 0.462. The van der Waals surface area contributed by atoms with E-state index < -0.39 is 6.10 Å². The molecule has 4 nitrogen and oxygen atoms in total. The average Bonchev–Trinajstić information content (AvgIpc) is 2.40. The molecule has 0 heterocycles. The molecule has 1 aromatic carbocycles. The highest BCUT2D eigenvalue weighted by Gasteiger charge is 2.18. The number of benzene rings is 1. The molecule has 1 aromatic rings. The minimum Gasteiger partial charge on any atom is -0.370 e. The van der Waals surface area contributed by atoms with E-state index >= 15 is 0 Å². The molecule has 0 radical (unpaired) electrons. The van der Waals surface area contributed by atoms with Crippen LogP contribution in [0.1, 0.15) is 18.5 Å². The Morgan fingerprint density at radius 3 is 2.50 bits per heavy atom. The van der Waals surface area contributed by atoms with Crippen molar-refractivity contribution in [3.05, 3.63) is 29.8 Å². The SMILES string of the molecule is COC(CN)C(=O)NC(C)c1ccc(SC)cc1. The van der Waals surface area contributed by atoms with Crippen LogP contribution in [0.5, 0.6) is 0 Å². The summed E-state index contributed by atoms with van der Waals surface area (Å²) in [5.41, 5.74) is 6.51. The quantitative estimate of drug-likeness (QED) is 0.769. The largest absolute Gasteiger partial charge is 0.370 e. The summed E-state index contributed by atoms with van der Waals surface area (Å²) < 4.78 is 4.99. The van der Waals surface area contributed by atoms with Crippen molar-refractivity contribution in [2.24, 2.45) is 5.73 Å². The molecular weight excluding hydrogens is 248 g/mol. The number of amides is 1. The summed E-state index contributed by atoms with van der Waals surface area (Å²) in [5, 5.41) is 2.88. The van der Waals surface area contributed by atoms with Gasteiger partial charge in [-0.1, -0.05) is 12.1 Å². The van der Waals surface area contributed by atoms with Crippen LogP contribution in [-0.2, 0) is 9.53 Å². The summed E-state index contributed by atoms with van der Waals surface area (Å²) >= 11 is 1.69. The number of methoxy groups -OCH3 is 1. The summed E-state index contributed by atoms with van der Waals surface area (Å²) in [6.45, 7) is 2.12. The zero-order valence-electron chi connectivity index (χ0n) is 11.0. The highest BCUT2D eigenvalue weighted by Crippen LogP contribution is 2.18. The van der Waals surface area contributed by atoms with E-state index in [0.717, 1.165) is 5.56 Å². The van der Waals surface area contributed by atoms with Gasteiger partial charge in [0.1, 0.15) is 6.10 Å². The highest BCUT2D eigenvalue weighted by atomic mass is 32.2. The van der Waals surface area contributed by atoms with Crippen LogP contribution in [0.2, 0.25) is 0 Å². The zero-order chi connectivity index (χ0) is 13.5. The fourth-order valence-corrected chi connectivity index (χ4v) is 2.00. The first-order valence-corrected chi connectivity index (χ1v) is 7.02. The number of rotatable bonds is 6. The summed E-state index contributed by atoms with van der Waals surface area (Å²) in [4.78, 5) is 13.0. The molecule has 100 valence electrons. The van der Waals surface area contributed by atoms with Crippen LogP contribution >= 0.6 is 11.8 Å². The van der Waals surface area contributed by atoms with Gasteiger partial charge in [-0.05, 0) is 30.9 Å². The number of nitrogens with two attached hydrogens (primary N) is 1. The summed E-state index contributed by atoms with van der Waals surface area (Å²) in [7, 11) is 1.48. The van der Waals surface area contributed by atoms with Gasteiger partial charge in [0.25, 0.3) is 5.91 Å². The molecule has 0 bridgehead atoms. The third-order valence-corrected chi connectivity index (χ3v) is 3.51. The predicted molar refractivity (Wildman–Crippen MR) is 74.6 cm³/mol. The molecule has 2 unspecified atom stereocenters. The first kappa shape index (κ1) is 15.0. The van der Waals surface area contributed by atoms with Gasteiger partial charge in [0.15, 0.2) is 0 Å². The van der Waals surface area contributed by atoms with Crippen molar-refractivity contribution >= 4 is 17.7 Å². The van der Waals surface area contributed by atoms with Crippen LogP contribution in [0.3, 0.4) is 0 Å². The molecule has 3 N–H and O–H groups in total. The van der Waals surface area contributed by atoms with E-state index in [2.05, 4.69) is 5.32 Å². The van der Waals surface area contributed by atoms with Crippen molar-refractivity contribution in [1.82, 2.24) is 5.32 Å². The van der Waals surface area contributed by atoms with Crippen LogP contribution in [0.25, 0.3) is 0 Å². The van der Waals surface area contributed by atoms with E-state index in [4.69, 9.17) is 10.5 Å². The molecule has 0 aliphatic rings. The van der Waals surface area contributed by atoms with Gasteiger partial charge in [-0.15, -0.1) is 11.8 Å². The minimum absolute atomic E-state index is 0.0578. The third kappa shape index (κ3) is 4.01. The van der Waals surface area contributed by atoms with Crippen LogP contribution in [0.15, 0.2) is 29.2 Å². The maximum atomic E-state index is 11.8. The Morgan fingerprint density at radius 2 is 2.06 bits per heavy atom. The smallest absolute Gasteiger partial charge is 0.250 e. The molecule has 18 heavy (non-hydrogen) atoms. The predicted octanol–water partition coefficient (Wildman–Crippen LogP) is 1.56. The monoisotopic (exact) mass is 268 g/mol. The zero-order valence-corrected chi connectivity index (χ0v) is 11.8. The van der Waals surface area contributed by atoms with Crippen molar-refractivity contribution in [3.8, 4) is 0 Å².